The molecule has 0 aliphatic heterocycles. The molecular weight excluding hydrogens is 438 g/mol. The number of amides is 2. The molecule has 0 saturated heterocycles. The summed E-state index contributed by atoms with van der Waals surface area (Å²) in [5.74, 6) is 0.550. The summed E-state index contributed by atoms with van der Waals surface area (Å²) >= 11 is 0. The zero-order chi connectivity index (χ0) is 24.8. The van der Waals surface area contributed by atoms with E-state index >= 15 is 0 Å². The van der Waals surface area contributed by atoms with Crippen molar-refractivity contribution in [3.05, 3.63) is 78.0 Å². The van der Waals surface area contributed by atoms with Gasteiger partial charge in [0.05, 0.1) is 5.92 Å². The lowest BCUT2D eigenvalue weighted by atomic mass is 9.83. The molecule has 3 aromatic rings. The number of carbonyl (C=O) groups excluding carboxylic acids is 2. The van der Waals surface area contributed by atoms with Gasteiger partial charge in [-0.3, -0.25) is 14.7 Å². The molecule has 182 valence electrons. The second kappa shape index (κ2) is 11.1. The molecule has 1 aliphatic rings. The third-order valence-electron chi connectivity index (χ3n) is 6.40. The van der Waals surface area contributed by atoms with Gasteiger partial charge in [0, 0.05) is 36.0 Å². The van der Waals surface area contributed by atoms with Crippen LogP contribution in [0.3, 0.4) is 0 Å². The Labute approximate surface area is 206 Å². The number of carbonyl (C=O) groups is 2. The van der Waals surface area contributed by atoms with Gasteiger partial charge in [-0.05, 0) is 62.7 Å². The van der Waals surface area contributed by atoms with Gasteiger partial charge in [-0.2, -0.15) is 5.10 Å². The van der Waals surface area contributed by atoms with Gasteiger partial charge in [-0.1, -0.05) is 48.9 Å². The number of nitrogens with one attached hydrogen (secondary N) is 3. The smallest absolute Gasteiger partial charge is 0.248 e. The first-order chi connectivity index (χ1) is 16.9. The maximum atomic E-state index is 12.9. The van der Waals surface area contributed by atoms with E-state index in [2.05, 4.69) is 20.8 Å². The summed E-state index contributed by atoms with van der Waals surface area (Å²) < 4.78 is 0. The lowest BCUT2D eigenvalue weighted by Crippen LogP contribution is -2.19. The molecule has 35 heavy (non-hydrogen) atoms. The van der Waals surface area contributed by atoms with E-state index in [9.17, 15) is 9.59 Å². The summed E-state index contributed by atoms with van der Waals surface area (Å²) in [6.07, 6.45) is 6.98. The lowest BCUT2D eigenvalue weighted by molar-refractivity contribution is -0.117. The molecule has 3 N–H and O–H groups in total. The minimum absolute atomic E-state index is 0.0887. The molecule has 0 radical (unpaired) electrons. The Kier molecular flexibility index (Phi) is 7.77. The standard InChI is InChI=1S/C28H33N5O2/c1-19(28(35)30-26-18-25(31-32-26)21-7-4-8-21)22-9-5-10-23(17-22)20-12-14-24(15-13-20)29-27(34)11-6-16-33(2)3/h5-6,9-15,17-19,21H,4,7-8,16H2,1-3H3,(H,29,34)(H2,30,31,32,35). The van der Waals surface area contributed by atoms with E-state index in [1.165, 1.54) is 19.3 Å². The predicted molar refractivity (Wildman–Crippen MR) is 140 cm³/mol. The van der Waals surface area contributed by atoms with E-state index < -0.39 is 0 Å². The number of rotatable bonds is 9. The van der Waals surface area contributed by atoms with Gasteiger partial charge in [0.15, 0.2) is 5.82 Å². The topological polar surface area (TPSA) is 90.1 Å². The molecule has 0 spiro atoms. The van der Waals surface area contributed by atoms with E-state index in [-0.39, 0.29) is 17.7 Å². The number of H-pyrrole nitrogens is 1. The molecule has 1 fully saturated rings. The number of aromatic amines is 1. The summed E-state index contributed by atoms with van der Waals surface area (Å²) in [5.41, 5.74) is 4.79. The number of hydrogen-bond donors (Lipinski definition) is 3. The van der Waals surface area contributed by atoms with Gasteiger partial charge < -0.3 is 15.5 Å². The van der Waals surface area contributed by atoms with Crippen LogP contribution in [0.25, 0.3) is 11.1 Å². The fourth-order valence-electron chi connectivity index (χ4n) is 4.00. The summed E-state index contributed by atoms with van der Waals surface area (Å²) in [6.45, 7) is 2.61. The average Bonchev–Trinajstić information content (AvgIpc) is 3.25. The van der Waals surface area contributed by atoms with Crippen molar-refractivity contribution >= 4 is 23.3 Å². The molecule has 1 aliphatic carbocycles. The fourth-order valence-corrected chi connectivity index (χ4v) is 4.00. The van der Waals surface area contributed by atoms with Gasteiger partial charge >= 0.3 is 0 Å². The predicted octanol–water partition coefficient (Wildman–Crippen LogP) is 5.14. The van der Waals surface area contributed by atoms with Crippen LogP contribution < -0.4 is 10.6 Å². The van der Waals surface area contributed by atoms with Gasteiger partial charge in [-0.15, -0.1) is 0 Å². The van der Waals surface area contributed by atoms with E-state index in [0.717, 1.165) is 28.1 Å². The average molecular weight is 472 g/mol. The Morgan fingerprint density at radius 2 is 1.86 bits per heavy atom. The molecule has 0 bridgehead atoms. The van der Waals surface area contributed by atoms with Crippen molar-refractivity contribution in [2.45, 2.75) is 38.0 Å². The SMILES string of the molecule is CC(C(=O)Nc1cc(C2CCC2)[nH]n1)c1cccc(-c2ccc(NC(=O)C=CCN(C)C)cc2)c1. The van der Waals surface area contributed by atoms with Crippen molar-refractivity contribution in [1.82, 2.24) is 15.1 Å². The molecule has 7 nitrogen and oxygen atoms in total. The molecule has 1 unspecified atom stereocenters. The molecule has 1 saturated carbocycles. The van der Waals surface area contributed by atoms with Crippen LogP contribution in [0.2, 0.25) is 0 Å². The first kappa shape index (κ1) is 24.4. The number of hydrogen-bond acceptors (Lipinski definition) is 4. The van der Waals surface area contributed by atoms with Crippen LogP contribution in [0.1, 0.15) is 49.3 Å². The minimum atomic E-state index is -0.327. The number of anilines is 2. The van der Waals surface area contributed by atoms with Gasteiger partial charge in [-0.25, -0.2) is 0 Å². The van der Waals surface area contributed by atoms with Crippen LogP contribution in [-0.2, 0) is 9.59 Å². The largest absolute Gasteiger partial charge is 0.323 e. The zero-order valence-corrected chi connectivity index (χ0v) is 20.5. The summed E-state index contributed by atoms with van der Waals surface area (Å²) in [7, 11) is 3.90. The van der Waals surface area contributed by atoms with E-state index in [1.54, 1.807) is 6.08 Å². The molecule has 7 heteroatoms. The Hall–Kier alpha value is -3.71. The molecule has 4 rings (SSSR count). The molecule has 1 atom stereocenters. The zero-order valence-electron chi connectivity index (χ0n) is 20.5. The molecule has 2 amide bonds. The van der Waals surface area contributed by atoms with Crippen LogP contribution in [0, 0.1) is 0 Å². The highest BCUT2D eigenvalue weighted by Gasteiger charge is 2.23. The Morgan fingerprint density at radius 1 is 1.09 bits per heavy atom. The highest BCUT2D eigenvalue weighted by molar-refractivity contribution is 5.99. The molecular formula is C28H33N5O2. The summed E-state index contributed by atoms with van der Waals surface area (Å²) in [4.78, 5) is 26.9. The van der Waals surface area contributed by atoms with Crippen molar-refractivity contribution < 1.29 is 9.59 Å². The van der Waals surface area contributed by atoms with Crippen molar-refractivity contribution in [2.75, 3.05) is 31.3 Å². The molecule has 1 heterocycles. The van der Waals surface area contributed by atoms with Gasteiger partial charge in [0.2, 0.25) is 11.8 Å². The maximum absolute atomic E-state index is 12.9. The van der Waals surface area contributed by atoms with Crippen LogP contribution in [0.15, 0.2) is 66.7 Å². The van der Waals surface area contributed by atoms with Crippen molar-refractivity contribution in [3.8, 4) is 11.1 Å². The van der Waals surface area contributed by atoms with Crippen LogP contribution in [0.4, 0.5) is 11.5 Å². The first-order valence-electron chi connectivity index (χ1n) is 12.1. The van der Waals surface area contributed by atoms with Crippen LogP contribution in [-0.4, -0.2) is 47.6 Å². The monoisotopic (exact) mass is 471 g/mol. The quantitative estimate of drug-likeness (QED) is 0.377. The Balaban J connectivity index is 1.37. The van der Waals surface area contributed by atoms with Gasteiger partial charge in [0.25, 0.3) is 0 Å². The lowest BCUT2D eigenvalue weighted by Gasteiger charge is -2.23. The molecule has 2 aromatic carbocycles. The van der Waals surface area contributed by atoms with Crippen LogP contribution in [0.5, 0.6) is 0 Å². The third kappa shape index (κ3) is 6.45. The number of likely N-dealkylation sites (N-methyl/N-ethyl adjacent to an activating group) is 1. The van der Waals surface area contributed by atoms with Crippen molar-refractivity contribution in [3.63, 3.8) is 0 Å². The third-order valence-corrected chi connectivity index (χ3v) is 6.40. The first-order valence-corrected chi connectivity index (χ1v) is 12.1. The second-order valence-corrected chi connectivity index (χ2v) is 9.40. The van der Waals surface area contributed by atoms with E-state index in [4.69, 9.17) is 0 Å². The maximum Gasteiger partial charge on any atom is 0.248 e. The second-order valence-electron chi connectivity index (χ2n) is 9.40. The highest BCUT2D eigenvalue weighted by atomic mass is 16.2. The minimum Gasteiger partial charge on any atom is -0.323 e. The number of benzene rings is 2. The fraction of sp³-hybridized carbons (Fsp3) is 0.321. The summed E-state index contributed by atoms with van der Waals surface area (Å²) in [5, 5.41) is 13.1. The highest BCUT2D eigenvalue weighted by Crippen LogP contribution is 2.36. The van der Waals surface area contributed by atoms with E-state index in [0.29, 0.717) is 18.3 Å². The normalized spacial score (nSPS) is 14.6. The van der Waals surface area contributed by atoms with Gasteiger partial charge in [0.1, 0.15) is 0 Å². The Bertz CT molecular complexity index is 1190. The van der Waals surface area contributed by atoms with E-state index in [1.807, 2.05) is 86.6 Å². The van der Waals surface area contributed by atoms with Crippen molar-refractivity contribution in [2.24, 2.45) is 0 Å². The molecule has 1 aromatic heterocycles. The number of nitrogens with zero attached hydrogens (tertiary/aromatic N) is 2. The summed E-state index contributed by atoms with van der Waals surface area (Å²) in [6, 6.07) is 17.6. The Morgan fingerprint density at radius 3 is 2.54 bits per heavy atom. The number of aromatic nitrogens is 2. The van der Waals surface area contributed by atoms with Crippen molar-refractivity contribution in [1.29, 1.82) is 0 Å². The van der Waals surface area contributed by atoms with Crippen LogP contribution >= 0.6 is 0 Å².